The highest BCUT2D eigenvalue weighted by Crippen LogP contribution is 2.60. The molecule has 1 saturated carbocycles. The molecule has 0 aromatic heterocycles. The molecule has 1 fully saturated rings. The summed E-state index contributed by atoms with van der Waals surface area (Å²) in [5, 5.41) is 9.62. The van der Waals surface area contributed by atoms with E-state index in [9.17, 15) is 10.1 Å². The van der Waals surface area contributed by atoms with E-state index in [0.717, 1.165) is 3.39 Å². The van der Waals surface area contributed by atoms with E-state index in [0.29, 0.717) is 5.56 Å². The Kier molecular flexibility index (Phi) is 4.51. The summed E-state index contributed by atoms with van der Waals surface area (Å²) < 4.78 is 51.0. The fourth-order valence-corrected chi connectivity index (χ4v) is 3.65. The number of hydrogen-bond donors (Lipinski definition) is 0. The number of allylic oxidation sites excluding steroid dienone is 1. The topological polar surface area (TPSA) is 59.3 Å². The molecule has 0 bridgehead atoms. The van der Waals surface area contributed by atoms with E-state index < -0.39 is 48.2 Å². The zero-order chi connectivity index (χ0) is 24.7. The largest absolute Gasteiger partial charge is 0.457 e. The lowest BCUT2D eigenvalue weighted by Gasteiger charge is -2.13. The van der Waals surface area contributed by atoms with Crippen molar-refractivity contribution < 1.29 is 21.1 Å². The first-order valence-corrected chi connectivity index (χ1v) is 9.96. The van der Waals surface area contributed by atoms with Gasteiger partial charge < -0.3 is 9.47 Å². The molecule has 0 saturated heterocycles. The van der Waals surface area contributed by atoms with E-state index in [1.165, 1.54) is 12.1 Å². The van der Waals surface area contributed by atoms with Gasteiger partial charge in [0.2, 0.25) is 6.10 Å². The van der Waals surface area contributed by atoms with Crippen molar-refractivity contribution in [2.45, 2.75) is 20.0 Å². The summed E-state index contributed by atoms with van der Waals surface area (Å²) in [6, 6.07) is 5.54. The maximum atomic E-state index is 12.8. The van der Waals surface area contributed by atoms with Crippen LogP contribution in [0.5, 0.6) is 11.5 Å². The second kappa shape index (κ2) is 8.50. The van der Waals surface area contributed by atoms with Gasteiger partial charge in [-0.1, -0.05) is 50.2 Å². The van der Waals surface area contributed by atoms with Crippen molar-refractivity contribution in [2.75, 3.05) is 0 Å². The van der Waals surface area contributed by atoms with Gasteiger partial charge in [0, 0.05) is 5.56 Å². The number of benzene rings is 2. The van der Waals surface area contributed by atoms with E-state index in [-0.39, 0.29) is 22.8 Å². The van der Waals surface area contributed by atoms with E-state index in [2.05, 4.69) is 31.9 Å². The second-order valence-electron chi connectivity index (χ2n) is 6.86. The van der Waals surface area contributed by atoms with Crippen LogP contribution in [-0.2, 0) is 9.53 Å². The van der Waals surface area contributed by atoms with Gasteiger partial charge in [0.25, 0.3) is 0 Å². The molecule has 2 aromatic carbocycles. The molecule has 1 aliphatic rings. The lowest BCUT2D eigenvalue weighted by molar-refractivity contribution is -0.149. The predicted octanol–water partition coefficient (Wildman–Crippen LogP) is 6.49. The lowest BCUT2D eigenvalue weighted by atomic mass is 10.1. The van der Waals surface area contributed by atoms with Crippen LogP contribution in [-0.4, -0.2) is 5.97 Å². The van der Waals surface area contributed by atoms with Gasteiger partial charge in [0.15, 0.2) is 0 Å². The first-order chi connectivity index (χ1) is 15.4. The minimum absolute atomic E-state index is 0.0446. The third-order valence-corrected chi connectivity index (χ3v) is 5.21. The SMILES string of the molecule is [2H]c1c([2H])c([2H])c(Oc2cccc(C(C#N)OC(=O)[C@@H]3[C@H](C=C(Br)Br)C3(C)C)c2)c([2H])c1[2H]. The summed E-state index contributed by atoms with van der Waals surface area (Å²) in [4.78, 5) is 12.8. The number of rotatable bonds is 6. The molecule has 0 radical (unpaired) electrons. The molecule has 6 heteroatoms. The Labute approximate surface area is 188 Å². The molecule has 0 amide bonds. The maximum absolute atomic E-state index is 12.8. The third-order valence-electron chi connectivity index (χ3n) is 4.68. The number of hydrogen-bond acceptors (Lipinski definition) is 4. The van der Waals surface area contributed by atoms with Gasteiger partial charge in [0.05, 0.1) is 16.2 Å². The molecule has 1 unspecified atom stereocenters. The fraction of sp³-hybridized carbons (Fsp3) is 0.273. The highest BCUT2D eigenvalue weighted by atomic mass is 79.9. The van der Waals surface area contributed by atoms with Crippen LogP contribution in [0.1, 0.15) is 32.4 Å². The van der Waals surface area contributed by atoms with Crippen LogP contribution >= 0.6 is 31.9 Å². The van der Waals surface area contributed by atoms with Crippen LogP contribution in [0.2, 0.25) is 0 Å². The van der Waals surface area contributed by atoms with Crippen molar-refractivity contribution in [3.8, 4) is 17.6 Å². The fourth-order valence-electron chi connectivity index (χ4n) is 3.08. The number of carbonyl (C=O) groups is 1. The number of carbonyl (C=O) groups excluding carboxylic acids is 1. The highest BCUT2D eigenvalue weighted by molar-refractivity contribution is 9.28. The summed E-state index contributed by atoms with van der Waals surface area (Å²) in [5.41, 5.74) is 0.0264. The van der Waals surface area contributed by atoms with Crippen molar-refractivity contribution >= 4 is 37.8 Å². The Morgan fingerprint density at radius 3 is 2.64 bits per heavy atom. The molecular formula is C22H19Br2NO3. The van der Waals surface area contributed by atoms with Crippen LogP contribution in [0, 0.1) is 28.6 Å². The van der Waals surface area contributed by atoms with Crippen LogP contribution in [0.15, 0.2) is 63.9 Å². The smallest absolute Gasteiger partial charge is 0.311 e. The van der Waals surface area contributed by atoms with Gasteiger partial charge in [0.1, 0.15) is 17.6 Å². The third kappa shape index (κ3) is 4.65. The molecule has 3 rings (SSSR count). The van der Waals surface area contributed by atoms with Gasteiger partial charge in [-0.15, -0.1) is 0 Å². The van der Waals surface area contributed by atoms with E-state index in [4.69, 9.17) is 16.3 Å². The molecule has 2 aromatic rings. The Balaban J connectivity index is 1.83. The number of para-hydroxylation sites is 1. The van der Waals surface area contributed by atoms with Gasteiger partial charge in [-0.2, -0.15) is 5.26 Å². The van der Waals surface area contributed by atoms with Gasteiger partial charge in [-0.3, -0.25) is 4.79 Å². The monoisotopic (exact) mass is 508 g/mol. The Morgan fingerprint density at radius 2 is 2.00 bits per heavy atom. The number of ether oxygens (including phenoxy) is 2. The molecule has 0 heterocycles. The zero-order valence-electron chi connectivity index (χ0n) is 20.0. The molecular weight excluding hydrogens is 486 g/mol. The minimum Gasteiger partial charge on any atom is -0.457 e. The van der Waals surface area contributed by atoms with Crippen LogP contribution < -0.4 is 4.74 Å². The van der Waals surface area contributed by atoms with E-state index in [1.54, 1.807) is 12.1 Å². The van der Waals surface area contributed by atoms with Crippen LogP contribution in [0.3, 0.4) is 0 Å². The molecule has 144 valence electrons. The average Bonchev–Trinajstić information content (AvgIpc) is 3.31. The summed E-state index contributed by atoms with van der Waals surface area (Å²) in [7, 11) is 0. The van der Waals surface area contributed by atoms with Crippen molar-refractivity contribution in [3.05, 3.63) is 69.5 Å². The minimum atomic E-state index is -1.20. The van der Waals surface area contributed by atoms with Crippen molar-refractivity contribution in [3.63, 3.8) is 0 Å². The molecule has 0 aliphatic heterocycles. The second-order valence-corrected chi connectivity index (χ2v) is 9.63. The Hall–Kier alpha value is -2.10. The lowest BCUT2D eigenvalue weighted by Crippen LogP contribution is -2.14. The summed E-state index contributed by atoms with van der Waals surface area (Å²) >= 11 is 6.60. The van der Waals surface area contributed by atoms with Crippen LogP contribution in [0.25, 0.3) is 0 Å². The van der Waals surface area contributed by atoms with E-state index in [1.807, 2.05) is 26.0 Å². The molecule has 0 N–H and O–H groups in total. The molecule has 1 aliphatic carbocycles. The first kappa shape index (κ1) is 14.8. The normalized spacial score (nSPS) is 22.9. The van der Waals surface area contributed by atoms with Crippen molar-refractivity contribution in [1.29, 1.82) is 5.26 Å². The van der Waals surface area contributed by atoms with Crippen molar-refractivity contribution in [2.24, 2.45) is 17.3 Å². The first-order valence-electron chi connectivity index (χ1n) is 10.9. The quantitative estimate of drug-likeness (QED) is 0.417. The molecule has 3 atom stereocenters. The number of esters is 1. The van der Waals surface area contributed by atoms with E-state index >= 15 is 0 Å². The molecule has 28 heavy (non-hydrogen) atoms. The zero-order valence-corrected chi connectivity index (χ0v) is 18.2. The number of nitriles is 1. The average molecular weight is 510 g/mol. The van der Waals surface area contributed by atoms with Gasteiger partial charge in [-0.05, 0) is 67.4 Å². The summed E-state index contributed by atoms with van der Waals surface area (Å²) in [6.07, 6.45) is 0.677. The Bertz CT molecular complexity index is 1160. The highest BCUT2D eigenvalue weighted by Gasteiger charge is 2.61. The van der Waals surface area contributed by atoms with Gasteiger partial charge in [-0.25, -0.2) is 0 Å². The molecule has 0 spiro atoms. The Morgan fingerprint density at radius 1 is 1.29 bits per heavy atom. The van der Waals surface area contributed by atoms with Crippen molar-refractivity contribution in [1.82, 2.24) is 0 Å². The summed E-state index contributed by atoms with van der Waals surface area (Å²) in [6.45, 7) is 3.89. The number of halogens is 2. The molecule has 4 nitrogen and oxygen atoms in total. The standard InChI is InChI=1S/C22H19Br2NO3/c1-22(2)17(12-19(23)24)20(22)21(26)28-18(13-25)14-7-6-10-16(11-14)27-15-8-4-3-5-9-15/h3-12,17-18,20H,1-2H3/t17-,18?,20-/m0/s1/i3D,4D,5D,8D,9D. The maximum Gasteiger partial charge on any atom is 0.311 e. The summed E-state index contributed by atoms with van der Waals surface area (Å²) in [5.74, 6) is -1.14. The number of nitrogens with zero attached hydrogens (tertiary/aromatic N) is 1. The van der Waals surface area contributed by atoms with Crippen LogP contribution in [0.4, 0.5) is 0 Å². The predicted molar refractivity (Wildman–Crippen MR) is 114 cm³/mol. The van der Waals surface area contributed by atoms with Gasteiger partial charge >= 0.3 is 5.97 Å².